The number of ether oxygens (including phenoxy) is 2. The zero-order chi connectivity index (χ0) is 32.5. The van der Waals surface area contributed by atoms with Crippen molar-refractivity contribution in [3.05, 3.63) is 78.2 Å². The molecule has 0 radical (unpaired) electrons. The fourth-order valence-electron chi connectivity index (χ4n) is 6.59. The molecular formula is C34H36F3N5O4. The van der Waals surface area contributed by atoms with E-state index in [0.29, 0.717) is 30.2 Å². The first-order chi connectivity index (χ1) is 22.0. The van der Waals surface area contributed by atoms with Gasteiger partial charge in [0.05, 0.1) is 6.61 Å². The van der Waals surface area contributed by atoms with E-state index in [1.807, 2.05) is 31.2 Å². The van der Waals surface area contributed by atoms with E-state index in [0.717, 1.165) is 49.7 Å². The molecule has 2 aromatic heterocycles. The molecule has 3 aliphatic rings. The standard InChI is InChI=1S/C34H36F3N5O4/c1-4-44-31-38-19-24(20-39-31)23-6-5-7-25(18-23)42(27(43)22-8-10-26(11-9-22)45-30(35)36)21-33-12-15-34(16-13-33,17-14-33)28-40-29(46-41-28)32(2,3)37/h5-11,18-20,30H,4,12-17,21H2,1-3H3. The summed E-state index contributed by atoms with van der Waals surface area (Å²) in [6.07, 6.45) is 8.23. The Morgan fingerprint density at radius 3 is 2.26 bits per heavy atom. The predicted octanol–water partition coefficient (Wildman–Crippen LogP) is 7.67. The molecule has 2 bridgehead atoms. The quantitative estimate of drug-likeness (QED) is 0.165. The van der Waals surface area contributed by atoms with Gasteiger partial charge in [0.25, 0.3) is 11.8 Å². The van der Waals surface area contributed by atoms with Crippen LogP contribution >= 0.6 is 0 Å². The summed E-state index contributed by atoms with van der Waals surface area (Å²) in [6.45, 7) is 2.61. The minimum absolute atomic E-state index is 0.0150. The van der Waals surface area contributed by atoms with Gasteiger partial charge in [-0.25, -0.2) is 14.4 Å². The summed E-state index contributed by atoms with van der Waals surface area (Å²) in [5.41, 5.74) is 0.465. The molecule has 0 atom stereocenters. The molecule has 0 N–H and O–H groups in total. The average Bonchev–Trinajstić information content (AvgIpc) is 3.58. The van der Waals surface area contributed by atoms with Gasteiger partial charge in [-0.3, -0.25) is 4.79 Å². The Morgan fingerprint density at radius 1 is 1.00 bits per heavy atom. The highest BCUT2D eigenvalue weighted by molar-refractivity contribution is 6.06. The van der Waals surface area contributed by atoms with E-state index < -0.39 is 12.3 Å². The molecule has 242 valence electrons. The van der Waals surface area contributed by atoms with E-state index in [-0.39, 0.29) is 34.4 Å². The van der Waals surface area contributed by atoms with E-state index in [2.05, 4.69) is 24.8 Å². The lowest BCUT2D eigenvalue weighted by Crippen LogP contribution is -2.51. The number of halogens is 3. The van der Waals surface area contributed by atoms with Gasteiger partial charge in [0.15, 0.2) is 11.5 Å². The van der Waals surface area contributed by atoms with Crippen molar-refractivity contribution in [1.82, 2.24) is 20.1 Å². The van der Waals surface area contributed by atoms with E-state index in [4.69, 9.17) is 9.26 Å². The number of benzene rings is 2. The Kier molecular flexibility index (Phi) is 8.47. The zero-order valence-electron chi connectivity index (χ0n) is 26.0. The van der Waals surface area contributed by atoms with Crippen molar-refractivity contribution in [2.45, 2.75) is 77.0 Å². The van der Waals surface area contributed by atoms with E-state index in [1.54, 1.807) is 17.3 Å². The molecule has 3 saturated carbocycles. The first-order valence-electron chi connectivity index (χ1n) is 15.4. The molecule has 3 aliphatic carbocycles. The van der Waals surface area contributed by atoms with Gasteiger partial charge in [-0.2, -0.15) is 13.8 Å². The van der Waals surface area contributed by atoms with Crippen molar-refractivity contribution < 1.29 is 32.0 Å². The summed E-state index contributed by atoms with van der Waals surface area (Å²) in [6, 6.07) is 13.7. The highest BCUT2D eigenvalue weighted by atomic mass is 19.3. The largest absolute Gasteiger partial charge is 0.464 e. The van der Waals surface area contributed by atoms with Gasteiger partial charge < -0.3 is 18.9 Å². The summed E-state index contributed by atoms with van der Waals surface area (Å²) in [4.78, 5) is 29.0. The lowest BCUT2D eigenvalue weighted by Gasteiger charge is -2.53. The molecule has 2 aromatic carbocycles. The second-order valence-corrected chi connectivity index (χ2v) is 12.7. The van der Waals surface area contributed by atoms with Gasteiger partial charge in [-0.15, -0.1) is 0 Å². The maximum atomic E-state index is 14.5. The number of amides is 1. The highest BCUT2D eigenvalue weighted by Gasteiger charge is 2.52. The molecule has 12 heteroatoms. The third-order valence-electron chi connectivity index (χ3n) is 9.27. The number of rotatable bonds is 11. The number of fused-ring (bicyclic) bond motifs is 3. The summed E-state index contributed by atoms with van der Waals surface area (Å²) in [7, 11) is 0. The number of nitrogens with zero attached hydrogens (tertiary/aromatic N) is 5. The molecule has 46 heavy (non-hydrogen) atoms. The molecule has 0 aliphatic heterocycles. The minimum atomic E-state index is -2.96. The van der Waals surface area contributed by atoms with Gasteiger partial charge in [0.2, 0.25) is 0 Å². The van der Waals surface area contributed by atoms with Crippen molar-refractivity contribution in [2.24, 2.45) is 5.41 Å². The fourth-order valence-corrected chi connectivity index (χ4v) is 6.59. The minimum Gasteiger partial charge on any atom is -0.464 e. The lowest BCUT2D eigenvalue weighted by molar-refractivity contribution is -0.0498. The summed E-state index contributed by atoms with van der Waals surface area (Å²) in [5.74, 6) is 0.268. The van der Waals surface area contributed by atoms with E-state index in [9.17, 15) is 18.0 Å². The van der Waals surface area contributed by atoms with E-state index in [1.165, 1.54) is 38.1 Å². The third kappa shape index (κ3) is 6.43. The van der Waals surface area contributed by atoms with Crippen molar-refractivity contribution in [1.29, 1.82) is 0 Å². The van der Waals surface area contributed by atoms with Crippen LogP contribution in [0.4, 0.5) is 18.9 Å². The molecule has 2 heterocycles. The third-order valence-corrected chi connectivity index (χ3v) is 9.27. The van der Waals surface area contributed by atoms with Gasteiger partial charge in [-0.1, -0.05) is 17.3 Å². The van der Waals surface area contributed by atoms with Crippen LogP contribution in [0.15, 0.2) is 65.4 Å². The Bertz CT molecular complexity index is 1650. The molecule has 9 nitrogen and oxygen atoms in total. The van der Waals surface area contributed by atoms with Crippen molar-refractivity contribution in [3.63, 3.8) is 0 Å². The van der Waals surface area contributed by atoms with Crippen LogP contribution in [0.25, 0.3) is 11.1 Å². The van der Waals surface area contributed by atoms with Crippen molar-refractivity contribution in [2.75, 3.05) is 18.1 Å². The van der Waals surface area contributed by atoms with Crippen LogP contribution in [0, 0.1) is 5.41 Å². The summed E-state index contributed by atoms with van der Waals surface area (Å²) in [5, 5.41) is 4.19. The second kappa shape index (κ2) is 12.4. The number of aromatic nitrogens is 4. The molecule has 0 unspecified atom stereocenters. The predicted molar refractivity (Wildman–Crippen MR) is 164 cm³/mol. The Labute approximate surface area is 265 Å². The van der Waals surface area contributed by atoms with Crippen molar-refractivity contribution in [3.8, 4) is 22.9 Å². The molecule has 0 spiro atoms. The number of carbonyl (C=O) groups excluding carboxylic acids is 1. The number of hydrogen-bond acceptors (Lipinski definition) is 8. The topological polar surface area (TPSA) is 103 Å². The average molecular weight is 636 g/mol. The number of alkyl halides is 3. The van der Waals surface area contributed by atoms with Crippen LogP contribution in [-0.4, -0.2) is 45.8 Å². The summed E-state index contributed by atoms with van der Waals surface area (Å²) < 4.78 is 55.2. The van der Waals surface area contributed by atoms with Crippen LogP contribution < -0.4 is 14.4 Å². The molecule has 1 amide bonds. The van der Waals surface area contributed by atoms with Gasteiger partial charge in [-0.05, 0) is 107 Å². The number of anilines is 1. The molecule has 0 saturated heterocycles. The first-order valence-corrected chi connectivity index (χ1v) is 15.4. The highest BCUT2D eigenvalue weighted by Crippen LogP contribution is 2.57. The van der Waals surface area contributed by atoms with E-state index >= 15 is 0 Å². The molecular weight excluding hydrogens is 599 g/mol. The molecule has 7 rings (SSSR count). The van der Waals surface area contributed by atoms with Crippen LogP contribution in [0.3, 0.4) is 0 Å². The Hall–Kier alpha value is -4.48. The number of hydrogen-bond donors (Lipinski definition) is 0. The maximum absolute atomic E-state index is 14.5. The van der Waals surface area contributed by atoms with Gasteiger partial charge in [0, 0.05) is 41.2 Å². The first kappa shape index (κ1) is 31.5. The smallest absolute Gasteiger partial charge is 0.387 e. The second-order valence-electron chi connectivity index (χ2n) is 12.7. The zero-order valence-corrected chi connectivity index (χ0v) is 26.0. The molecule has 4 aromatic rings. The lowest BCUT2D eigenvalue weighted by atomic mass is 9.53. The SMILES string of the molecule is CCOc1ncc(-c2cccc(N(CC34CCC(c5noc(C(C)(C)F)n5)(CC3)CC4)C(=O)c3ccc(OC(F)F)cc3)c2)cn1. The Morgan fingerprint density at radius 2 is 1.67 bits per heavy atom. The van der Waals surface area contributed by atoms with Crippen LogP contribution in [0.2, 0.25) is 0 Å². The number of carbonyl (C=O) groups is 1. The maximum Gasteiger partial charge on any atom is 0.387 e. The van der Waals surface area contributed by atoms with Gasteiger partial charge in [0.1, 0.15) is 5.75 Å². The fraction of sp³-hybridized carbons (Fsp3) is 0.441. The van der Waals surface area contributed by atoms with Crippen molar-refractivity contribution >= 4 is 11.6 Å². The van der Waals surface area contributed by atoms with Crippen LogP contribution in [0.5, 0.6) is 11.8 Å². The molecule has 3 fully saturated rings. The monoisotopic (exact) mass is 635 g/mol. The Balaban J connectivity index is 1.28. The normalized spacial score (nSPS) is 20.9. The summed E-state index contributed by atoms with van der Waals surface area (Å²) >= 11 is 0. The van der Waals surface area contributed by atoms with Gasteiger partial charge >= 0.3 is 12.6 Å². The van der Waals surface area contributed by atoms with Crippen LogP contribution in [0.1, 0.15) is 81.4 Å². The van der Waals surface area contributed by atoms with Crippen LogP contribution in [-0.2, 0) is 11.1 Å².